The Labute approximate surface area is 108 Å². The molecule has 104 valence electrons. The fourth-order valence-corrected chi connectivity index (χ4v) is 1.88. The van der Waals surface area contributed by atoms with Gasteiger partial charge in [-0.3, -0.25) is 14.2 Å². The molecule has 1 heterocycles. The Kier molecular flexibility index (Phi) is 3.41. The van der Waals surface area contributed by atoms with Crippen LogP contribution in [0.25, 0.3) is 0 Å². The van der Waals surface area contributed by atoms with Crippen LogP contribution in [-0.2, 0) is 18.9 Å². The van der Waals surface area contributed by atoms with E-state index < -0.39 is 17.2 Å². The zero-order chi connectivity index (χ0) is 14.2. The van der Waals surface area contributed by atoms with E-state index in [4.69, 9.17) is 5.11 Å². The number of carboxylic acids is 1. The Balaban J connectivity index is 2.42. The lowest BCUT2D eigenvalue weighted by molar-refractivity contribution is -0.135. The van der Waals surface area contributed by atoms with E-state index in [1.54, 1.807) is 0 Å². The number of aromatic nitrogens is 3. The predicted octanol–water partition coefficient (Wildman–Crippen LogP) is -1.22. The first kappa shape index (κ1) is 13.3. The molecule has 8 nitrogen and oxygen atoms in total. The zero-order valence-electron chi connectivity index (χ0n) is 10.9. The predicted molar refractivity (Wildman–Crippen MR) is 67.3 cm³/mol. The van der Waals surface area contributed by atoms with Gasteiger partial charge in [-0.25, -0.2) is 9.48 Å². The number of aliphatic carboxylic acids is 1. The first-order valence-corrected chi connectivity index (χ1v) is 6.01. The van der Waals surface area contributed by atoms with E-state index in [1.165, 1.54) is 19.0 Å². The number of aryl methyl sites for hydroxylation is 1. The van der Waals surface area contributed by atoms with E-state index in [-0.39, 0.29) is 12.4 Å². The van der Waals surface area contributed by atoms with Crippen LogP contribution in [-0.4, -0.2) is 38.5 Å². The van der Waals surface area contributed by atoms with Gasteiger partial charge in [-0.15, -0.1) is 5.10 Å². The van der Waals surface area contributed by atoms with Gasteiger partial charge in [-0.05, 0) is 18.8 Å². The lowest BCUT2D eigenvalue weighted by Crippen LogP contribution is -2.45. The molecular weight excluding hydrogens is 252 g/mol. The first-order chi connectivity index (χ1) is 8.90. The van der Waals surface area contributed by atoms with Gasteiger partial charge in [0.05, 0.1) is 0 Å². The van der Waals surface area contributed by atoms with Crippen LogP contribution in [0.4, 0.5) is 5.82 Å². The van der Waals surface area contributed by atoms with Crippen molar-refractivity contribution in [2.24, 2.45) is 20.0 Å². The lowest BCUT2D eigenvalue weighted by atomic mass is 10.3. The van der Waals surface area contributed by atoms with Crippen molar-refractivity contribution < 1.29 is 9.90 Å². The average molecular weight is 268 g/mol. The highest BCUT2D eigenvalue weighted by molar-refractivity contribution is 5.73. The molecule has 1 aliphatic rings. The average Bonchev–Trinajstić information content (AvgIpc) is 3.13. The van der Waals surface area contributed by atoms with E-state index >= 15 is 0 Å². The molecule has 1 N–H and O–H groups in total. The molecule has 0 radical (unpaired) electrons. The molecule has 1 aromatic heterocycles. The molecular formula is C11H16N4O4. The van der Waals surface area contributed by atoms with Gasteiger partial charge in [-0.2, -0.15) is 0 Å². The highest BCUT2D eigenvalue weighted by atomic mass is 16.4. The second-order valence-electron chi connectivity index (χ2n) is 4.81. The molecule has 0 aromatic carbocycles. The van der Waals surface area contributed by atoms with Gasteiger partial charge in [-0.1, -0.05) is 0 Å². The number of rotatable bonds is 5. The van der Waals surface area contributed by atoms with Crippen molar-refractivity contribution in [3.63, 3.8) is 0 Å². The van der Waals surface area contributed by atoms with Crippen molar-refractivity contribution >= 4 is 11.8 Å². The molecule has 8 heteroatoms. The Morgan fingerprint density at radius 3 is 2.58 bits per heavy atom. The molecule has 0 bridgehead atoms. The number of carbonyl (C=O) groups is 1. The zero-order valence-corrected chi connectivity index (χ0v) is 10.9. The largest absolute Gasteiger partial charge is 0.480 e. The fourth-order valence-electron chi connectivity index (χ4n) is 1.88. The summed E-state index contributed by atoms with van der Waals surface area (Å²) in [6.07, 6.45) is 2.06. The summed E-state index contributed by atoms with van der Waals surface area (Å²) in [5, 5.41) is 12.8. The summed E-state index contributed by atoms with van der Waals surface area (Å²) in [6, 6.07) is 0. The van der Waals surface area contributed by atoms with Gasteiger partial charge >= 0.3 is 11.7 Å². The quantitative estimate of drug-likeness (QED) is 0.719. The van der Waals surface area contributed by atoms with Crippen LogP contribution >= 0.6 is 0 Å². The minimum atomic E-state index is -1.03. The van der Waals surface area contributed by atoms with Crippen LogP contribution in [0.2, 0.25) is 0 Å². The molecule has 19 heavy (non-hydrogen) atoms. The maximum Gasteiger partial charge on any atom is 0.346 e. The van der Waals surface area contributed by atoms with Gasteiger partial charge in [0, 0.05) is 20.6 Å². The number of hydrogen-bond donors (Lipinski definition) is 1. The van der Waals surface area contributed by atoms with E-state index in [0.717, 1.165) is 22.1 Å². The summed E-state index contributed by atoms with van der Waals surface area (Å²) in [6.45, 7) is 0.184. The summed E-state index contributed by atoms with van der Waals surface area (Å²) >= 11 is 0. The number of hydrogen-bond acceptors (Lipinski definition) is 5. The highest BCUT2D eigenvalue weighted by Gasteiger charge is 2.28. The second kappa shape index (κ2) is 4.87. The summed E-state index contributed by atoms with van der Waals surface area (Å²) < 4.78 is 1.97. The maximum atomic E-state index is 12.0. The van der Waals surface area contributed by atoms with Crippen LogP contribution in [0, 0.1) is 5.92 Å². The molecule has 0 saturated heterocycles. The van der Waals surface area contributed by atoms with Crippen LogP contribution in [0.5, 0.6) is 0 Å². The monoisotopic (exact) mass is 268 g/mol. The van der Waals surface area contributed by atoms with Crippen LogP contribution in [0.1, 0.15) is 12.8 Å². The minimum absolute atomic E-state index is 0.0129. The van der Waals surface area contributed by atoms with Crippen LogP contribution in [0.3, 0.4) is 0 Å². The van der Waals surface area contributed by atoms with Crippen LogP contribution < -0.4 is 16.1 Å². The van der Waals surface area contributed by atoms with Gasteiger partial charge in [0.25, 0.3) is 5.56 Å². The Morgan fingerprint density at radius 2 is 2.05 bits per heavy atom. The topological polar surface area (TPSA) is 97.4 Å². The molecule has 0 atom stereocenters. The highest BCUT2D eigenvalue weighted by Crippen LogP contribution is 2.30. The van der Waals surface area contributed by atoms with Gasteiger partial charge in [0.2, 0.25) is 5.82 Å². The SMILES string of the molecule is Cn1nc(N(CC(=O)O)CC2CC2)c(=O)n(C)c1=O. The van der Waals surface area contributed by atoms with E-state index in [2.05, 4.69) is 5.10 Å². The van der Waals surface area contributed by atoms with Crippen molar-refractivity contribution in [1.82, 2.24) is 14.3 Å². The fraction of sp³-hybridized carbons (Fsp3) is 0.636. The molecule has 0 amide bonds. The van der Waals surface area contributed by atoms with Gasteiger partial charge in [0.15, 0.2) is 0 Å². The summed E-state index contributed by atoms with van der Waals surface area (Å²) in [5.41, 5.74) is -1.10. The Hall–Kier alpha value is -2.12. The van der Waals surface area contributed by atoms with E-state index in [9.17, 15) is 14.4 Å². The molecule has 0 spiro atoms. The maximum absolute atomic E-state index is 12.0. The standard InChI is InChI=1S/C11H16N4O4/c1-13-10(18)9(12-14(2)11(13)19)15(6-8(16)17)5-7-3-4-7/h7H,3-6H2,1-2H3,(H,16,17). The van der Waals surface area contributed by atoms with Crippen molar-refractivity contribution in [2.75, 3.05) is 18.0 Å². The normalized spacial score (nSPS) is 14.4. The second-order valence-corrected chi connectivity index (χ2v) is 4.81. The molecule has 1 fully saturated rings. The third-order valence-corrected chi connectivity index (χ3v) is 3.11. The molecule has 1 aliphatic carbocycles. The summed E-state index contributed by atoms with van der Waals surface area (Å²) in [4.78, 5) is 35.9. The molecule has 0 aliphatic heterocycles. The van der Waals surface area contributed by atoms with Crippen molar-refractivity contribution in [3.05, 3.63) is 20.8 Å². The molecule has 1 aromatic rings. The van der Waals surface area contributed by atoms with Gasteiger partial charge < -0.3 is 10.0 Å². The number of anilines is 1. The number of carboxylic acid groups (broad SMARTS) is 1. The van der Waals surface area contributed by atoms with Gasteiger partial charge in [0.1, 0.15) is 6.54 Å². The smallest absolute Gasteiger partial charge is 0.346 e. The third-order valence-electron chi connectivity index (χ3n) is 3.11. The minimum Gasteiger partial charge on any atom is -0.480 e. The number of nitrogens with zero attached hydrogens (tertiary/aromatic N) is 4. The van der Waals surface area contributed by atoms with Crippen molar-refractivity contribution in [1.29, 1.82) is 0 Å². The molecule has 0 unspecified atom stereocenters. The molecule has 2 rings (SSSR count). The van der Waals surface area contributed by atoms with Crippen molar-refractivity contribution in [2.45, 2.75) is 12.8 Å². The lowest BCUT2D eigenvalue weighted by Gasteiger charge is -2.21. The van der Waals surface area contributed by atoms with E-state index in [0.29, 0.717) is 12.5 Å². The third kappa shape index (κ3) is 2.83. The summed E-state index contributed by atoms with van der Waals surface area (Å²) in [5.74, 6) is -0.611. The Morgan fingerprint density at radius 1 is 1.42 bits per heavy atom. The van der Waals surface area contributed by atoms with Crippen LogP contribution in [0.15, 0.2) is 9.59 Å². The summed E-state index contributed by atoms with van der Waals surface area (Å²) in [7, 11) is 2.78. The van der Waals surface area contributed by atoms with E-state index in [1.807, 2.05) is 0 Å². The molecule has 1 saturated carbocycles. The van der Waals surface area contributed by atoms with Crippen molar-refractivity contribution in [3.8, 4) is 0 Å². The first-order valence-electron chi connectivity index (χ1n) is 6.01. The Bertz CT molecular complexity index is 614.